The zero-order valence-electron chi connectivity index (χ0n) is 16.3. The number of piperazine rings is 1. The molecule has 3 aromatic rings. The Morgan fingerprint density at radius 1 is 1.03 bits per heavy atom. The minimum atomic E-state index is 0.0947. The lowest BCUT2D eigenvalue weighted by molar-refractivity contribution is -0.122. The van der Waals surface area contributed by atoms with Gasteiger partial charge in [0.15, 0.2) is 0 Å². The second-order valence-electron chi connectivity index (χ2n) is 7.35. The number of carbonyl (C=O) groups excluding carboxylic acids is 1. The van der Waals surface area contributed by atoms with E-state index in [2.05, 4.69) is 38.3 Å². The van der Waals surface area contributed by atoms with Crippen molar-refractivity contribution in [3.05, 3.63) is 64.1 Å². The number of hydrogen-bond donors (Lipinski definition) is 1. The highest BCUT2D eigenvalue weighted by Gasteiger charge is 2.19. The molecular weight excluding hydrogens is 404 g/mol. The number of para-hydroxylation sites is 1. The van der Waals surface area contributed by atoms with Crippen molar-refractivity contribution in [2.45, 2.75) is 13.0 Å². The van der Waals surface area contributed by atoms with Gasteiger partial charge in [-0.15, -0.1) is 11.3 Å². The largest absolute Gasteiger partial charge is 0.355 e. The smallest absolute Gasteiger partial charge is 0.234 e. The van der Waals surface area contributed by atoms with Gasteiger partial charge in [0.05, 0.1) is 21.8 Å². The average Bonchev–Trinajstić information content (AvgIpc) is 3.14. The number of amides is 1. The molecule has 1 aliphatic heterocycles. The molecule has 0 radical (unpaired) electrons. The van der Waals surface area contributed by atoms with Crippen LogP contribution in [-0.4, -0.2) is 60.0 Å². The topological polar surface area (TPSA) is 48.5 Å². The highest BCUT2D eigenvalue weighted by molar-refractivity contribution is 7.18. The van der Waals surface area contributed by atoms with Crippen LogP contribution in [0, 0.1) is 0 Å². The summed E-state index contributed by atoms with van der Waals surface area (Å²) in [7, 11) is 0. The highest BCUT2D eigenvalue weighted by atomic mass is 35.5. The number of fused-ring (bicyclic) bond motifs is 1. The van der Waals surface area contributed by atoms with E-state index in [1.807, 2.05) is 30.3 Å². The van der Waals surface area contributed by atoms with E-state index in [-0.39, 0.29) is 5.91 Å². The number of nitrogens with one attached hydrogen (secondary N) is 1. The SMILES string of the molecule is O=C(CN1CCN(Cc2ccc(Cl)cc2)CC1)NCCc1nc2ccccc2s1. The summed E-state index contributed by atoms with van der Waals surface area (Å²) >= 11 is 7.65. The van der Waals surface area contributed by atoms with Crippen LogP contribution in [0.25, 0.3) is 10.2 Å². The lowest BCUT2D eigenvalue weighted by Gasteiger charge is -2.34. The van der Waals surface area contributed by atoms with Gasteiger partial charge in [0, 0.05) is 50.7 Å². The molecule has 1 aromatic heterocycles. The van der Waals surface area contributed by atoms with Crippen LogP contribution < -0.4 is 5.32 Å². The zero-order chi connectivity index (χ0) is 20.1. The fourth-order valence-electron chi connectivity index (χ4n) is 3.55. The van der Waals surface area contributed by atoms with Gasteiger partial charge in [-0.2, -0.15) is 0 Å². The standard InChI is InChI=1S/C22H25ClN4OS/c23-18-7-5-17(6-8-18)15-26-11-13-27(14-12-26)16-21(28)24-10-9-22-25-19-3-1-2-4-20(19)29-22/h1-8H,9-16H2,(H,24,28). The molecular formula is C22H25ClN4OS. The van der Waals surface area contributed by atoms with Crippen molar-refractivity contribution >= 4 is 39.1 Å². The van der Waals surface area contributed by atoms with Crippen LogP contribution in [0.15, 0.2) is 48.5 Å². The number of nitrogens with zero attached hydrogens (tertiary/aromatic N) is 3. The second-order valence-corrected chi connectivity index (χ2v) is 8.91. The van der Waals surface area contributed by atoms with Gasteiger partial charge in [-0.3, -0.25) is 14.6 Å². The summed E-state index contributed by atoms with van der Waals surface area (Å²) in [5.74, 6) is 0.0947. The van der Waals surface area contributed by atoms with E-state index in [1.54, 1.807) is 11.3 Å². The molecule has 1 saturated heterocycles. The second kappa shape index (κ2) is 9.67. The van der Waals surface area contributed by atoms with Crippen molar-refractivity contribution in [1.29, 1.82) is 0 Å². The Balaban J connectivity index is 1.15. The fourth-order valence-corrected chi connectivity index (χ4v) is 4.64. The Morgan fingerprint density at radius 3 is 2.52 bits per heavy atom. The molecule has 0 aliphatic carbocycles. The van der Waals surface area contributed by atoms with Crippen LogP contribution in [0.4, 0.5) is 0 Å². The molecule has 152 valence electrons. The van der Waals surface area contributed by atoms with Gasteiger partial charge in [0.2, 0.25) is 5.91 Å². The predicted octanol–water partition coefficient (Wildman–Crippen LogP) is 3.43. The number of carbonyl (C=O) groups is 1. The van der Waals surface area contributed by atoms with E-state index in [4.69, 9.17) is 11.6 Å². The number of thiazole rings is 1. The Bertz CT molecular complexity index is 918. The van der Waals surface area contributed by atoms with Gasteiger partial charge in [-0.05, 0) is 29.8 Å². The molecule has 0 atom stereocenters. The molecule has 0 spiro atoms. The molecule has 0 unspecified atom stereocenters. The minimum Gasteiger partial charge on any atom is -0.355 e. The summed E-state index contributed by atoms with van der Waals surface area (Å²) in [6, 6.07) is 16.2. The maximum Gasteiger partial charge on any atom is 0.234 e. The number of hydrogen-bond acceptors (Lipinski definition) is 5. The van der Waals surface area contributed by atoms with Gasteiger partial charge >= 0.3 is 0 Å². The van der Waals surface area contributed by atoms with Crippen LogP contribution in [0.1, 0.15) is 10.6 Å². The van der Waals surface area contributed by atoms with Crippen LogP contribution in [0.5, 0.6) is 0 Å². The van der Waals surface area contributed by atoms with Crippen molar-refractivity contribution in [3.8, 4) is 0 Å². The molecule has 1 N–H and O–H groups in total. The summed E-state index contributed by atoms with van der Waals surface area (Å²) < 4.78 is 1.20. The first-order valence-electron chi connectivity index (χ1n) is 9.96. The van der Waals surface area contributed by atoms with E-state index < -0.39 is 0 Å². The predicted molar refractivity (Wildman–Crippen MR) is 120 cm³/mol. The van der Waals surface area contributed by atoms with E-state index in [9.17, 15) is 4.79 Å². The van der Waals surface area contributed by atoms with Crippen LogP contribution in [0.3, 0.4) is 0 Å². The monoisotopic (exact) mass is 428 g/mol. The maximum absolute atomic E-state index is 12.3. The van der Waals surface area contributed by atoms with Crippen molar-refractivity contribution < 1.29 is 4.79 Å². The van der Waals surface area contributed by atoms with E-state index in [0.29, 0.717) is 13.1 Å². The summed E-state index contributed by atoms with van der Waals surface area (Å²) in [6.45, 7) is 5.81. The fraction of sp³-hybridized carbons (Fsp3) is 0.364. The van der Waals surface area contributed by atoms with Crippen molar-refractivity contribution in [3.63, 3.8) is 0 Å². The third kappa shape index (κ3) is 5.76. The lowest BCUT2D eigenvalue weighted by atomic mass is 10.2. The number of benzene rings is 2. The summed E-state index contributed by atoms with van der Waals surface area (Å²) in [6.07, 6.45) is 0.778. The van der Waals surface area contributed by atoms with Crippen LogP contribution >= 0.6 is 22.9 Å². The summed E-state index contributed by atoms with van der Waals surface area (Å²) in [5, 5.41) is 4.88. The molecule has 0 bridgehead atoms. The van der Waals surface area contributed by atoms with E-state index in [1.165, 1.54) is 10.3 Å². The third-order valence-electron chi connectivity index (χ3n) is 5.15. The Labute approximate surface area is 180 Å². The molecule has 2 heterocycles. The van der Waals surface area contributed by atoms with Gasteiger partial charge in [0.25, 0.3) is 0 Å². The van der Waals surface area contributed by atoms with E-state index >= 15 is 0 Å². The number of halogens is 1. The Kier molecular flexibility index (Phi) is 6.77. The highest BCUT2D eigenvalue weighted by Crippen LogP contribution is 2.21. The van der Waals surface area contributed by atoms with Gasteiger partial charge < -0.3 is 5.32 Å². The summed E-state index contributed by atoms with van der Waals surface area (Å²) in [5.41, 5.74) is 2.31. The molecule has 4 rings (SSSR count). The molecule has 1 fully saturated rings. The van der Waals surface area contributed by atoms with Crippen LogP contribution in [-0.2, 0) is 17.8 Å². The first-order chi connectivity index (χ1) is 14.2. The Morgan fingerprint density at radius 2 is 1.76 bits per heavy atom. The van der Waals surface area contributed by atoms with Crippen molar-refractivity contribution in [2.75, 3.05) is 39.3 Å². The average molecular weight is 429 g/mol. The number of aromatic nitrogens is 1. The maximum atomic E-state index is 12.3. The van der Waals surface area contributed by atoms with Gasteiger partial charge in [0.1, 0.15) is 0 Å². The van der Waals surface area contributed by atoms with Crippen molar-refractivity contribution in [1.82, 2.24) is 20.1 Å². The third-order valence-corrected chi connectivity index (χ3v) is 6.50. The molecule has 2 aromatic carbocycles. The molecule has 1 amide bonds. The quantitative estimate of drug-likeness (QED) is 0.626. The normalized spacial score (nSPS) is 15.6. The van der Waals surface area contributed by atoms with Crippen LogP contribution in [0.2, 0.25) is 5.02 Å². The summed E-state index contributed by atoms with van der Waals surface area (Å²) in [4.78, 5) is 21.5. The lowest BCUT2D eigenvalue weighted by Crippen LogP contribution is -2.49. The molecule has 29 heavy (non-hydrogen) atoms. The van der Waals surface area contributed by atoms with E-state index in [0.717, 1.165) is 54.7 Å². The molecule has 5 nitrogen and oxygen atoms in total. The molecule has 7 heteroatoms. The number of rotatable bonds is 7. The minimum absolute atomic E-state index is 0.0947. The first kappa shape index (κ1) is 20.3. The van der Waals surface area contributed by atoms with Crippen molar-refractivity contribution in [2.24, 2.45) is 0 Å². The van der Waals surface area contributed by atoms with Gasteiger partial charge in [-0.1, -0.05) is 35.9 Å². The molecule has 0 saturated carbocycles. The molecule has 1 aliphatic rings. The zero-order valence-corrected chi connectivity index (χ0v) is 17.9. The Hall–Kier alpha value is -1.99. The van der Waals surface area contributed by atoms with Gasteiger partial charge in [-0.25, -0.2) is 4.98 Å². The first-order valence-corrected chi connectivity index (χ1v) is 11.2.